The number of unbranched alkanes of at least 4 members (excludes halogenated alkanes) is 46. The van der Waals surface area contributed by atoms with Crippen molar-refractivity contribution in [3.05, 3.63) is 0 Å². The maximum Gasteiger partial charge on any atom is 0.305 e. The molecule has 0 spiro atoms. The van der Waals surface area contributed by atoms with Gasteiger partial charge >= 0.3 is 5.97 Å². The highest BCUT2D eigenvalue weighted by molar-refractivity contribution is 5.76. The first-order valence-corrected chi connectivity index (χ1v) is 30.3. The number of rotatable bonds is 57. The molecule has 3 N–H and O–H groups in total. The number of esters is 1. The van der Waals surface area contributed by atoms with E-state index in [1.54, 1.807) is 0 Å². The summed E-state index contributed by atoms with van der Waals surface area (Å²) in [6.45, 7) is 4.95. The minimum absolute atomic E-state index is 0.00904. The lowest BCUT2D eigenvalue weighted by atomic mass is 10.0. The monoisotopic (exact) mass is 934 g/mol. The number of aliphatic hydroxyl groups is 2. The highest BCUT2D eigenvalue weighted by Gasteiger charge is 2.20. The number of ether oxygens (including phenoxy) is 1. The lowest BCUT2D eigenvalue weighted by Gasteiger charge is -2.22. The van der Waals surface area contributed by atoms with Gasteiger partial charge in [-0.15, -0.1) is 0 Å². The molecular formula is C60H119NO5. The predicted octanol–water partition coefficient (Wildman–Crippen LogP) is 18.7. The zero-order valence-electron chi connectivity index (χ0n) is 45.0. The minimum Gasteiger partial charge on any atom is -0.466 e. The normalized spacial score (nSPS) is 12.5. The number of carbonyl (C=O) groups is 2. The molecule has 0 rings (SSSR count). The molecule has 6 heteroatoms. The van der Waals surface area contributed by atoms with Gasteiger partial charge in [0.15, 0.2) is 0 Å². The van der Waals surface area contributed by atoms with E-state index in [1.165, 1.54) is 257 Å². The fourth-order valence-electron chi connectivity index (χ4n) is 9.76. The number of amides is 1. The Bertz CT molecular complexity index is 944. The molecule has 0 aromatic carbocycles. The molecule has 0 aliphatic rings. The lowest BCUT2D eigenvalue weighted by molar-refractivity contribution is -0.143. The van der Waals surface area contributed by atoms with Crippen molar-refractivity contribution in [2.75, 3.05) is 13.2 Å². The van der Waals surface area contributed by atoms with Crippen LogP contribution in [-0.2, 0) is 14.3 Å². The molecule has 394 valence electrons. The molecule has 6 nitrogen and oxygen atoms in total. The van der Waals surface area contributed by atoms with E-state index in [4.69, 9.17) is 4.74 Å². The summed E-state index contributed by atoms with van der Waals surface area (Å²) in [6, 6.07) is -0.555. The van der Waals surface area contributed by atoms with Gasteiger partial charge in [0, 0.05) is 12.8 Å². The van der Waals surface area contributed by atoms with Gasteiger partial charge in [-0.25, -0.2) is 0 Å². The van der Waals surface area contributed by atoms with Crippen molar-refractivity contribution in [2.45, 2.75) is 360 Å². The number of nitrogens with one attached hydrogen (secondary N) is 1. The second-order valence-corrected chi connectivity index (χ2v) is 21.1. The van der Waals surface area contributed by atoms with Crippen LogP contribution < -0.4 is 5.32 Å². The van der Waals surface area contributed by atoms with E-state index >= 15 is 0 Å². The van der Waals surface area contributed by atoms with E-state index < -0.39 is 12.1 Å². The Morgan fingerprint density at radius 3 is 0.924 bits per heavy atom. The smallest absolute Gasteiger partial charge is 0.305 e. The van der Waals surface area contributed by atoms with Gasteiger partial charge in [-0.1, -0.05) is 309 Å². The first-order chi connectivity index (χ1) is 32.5. The third-order valence-electron chi connectivity index (χ3n) is 14.4. The van der Waals surface area contributed by atoms with Crippen LogP contribution in [-0.4, -0.2) is 47.4 Å². The highest BCUT2D eigenvalue weighted by atomic mass is 16.5. The Morgan fingerprint density at radius 2 is 0.621 bits per heavy atom. The Kier molecular flexibility index (Phi) is 55.5. The number of hydrogen-bond acceptors (Lipinski definition) is 5. The number of aliphatic hydroxyl groups excluding tert-OH is 2. The van der Waals surface area contributed by atoms with Gasteiger partial charge in [-0.3, -0.25) is 9.59 Å². The van der Waals surface area contributed by atoms with Crippen molar-refractivity contribution in [3.63, 3.8) is 0 Å². The fourth-order valence-corrected chi connectivity index (χ4v) is 9.76. The molecule has 0 fully saturated rings. The maximum absolute atomic E-state index is 12.5. The van der Waals surface area contributed by atoms with Gasteiger partial charge in [0.05, 0.1) is 25.4 Å². The topological polar surface area (TPSA) is 95.9 Å². The van der Waals surface area contributed by atoms with Crippen molar-refractivity contribution in [2.24, 2.45) is 0 Å². The zero-order valence-corrected chi connectivity index (χ0v) is 45.0. The summed E-state index contributed by atoms with van der Waals surface area (Å²) in [5, 5.41) is 23.4. The van der Waals surface area contributed by atoms with Gasteiger partial charge < -0.3 is 20.3 Å². The van der Waals surface area contributed by atoms with Crippen LogP contribution in [0, 0.1) is 0 Å². The van der Waals surface area contributed by atoms with Gasteiger partial charge in [-0.2, -0.15) is 0 Å². The van der Waals surface area contributed by atoms with E-state index in [9.17, 15) is 19.8 Å². The second kappa shape index (κ2) is 56.4. The summed E-state index contributed by atoms with van der Waals surface area (Å²) in [6.07, 6.45) is 65.3. The SMILES string of the molecule is CCCCCCCCCCCCCCCCCCCCCCCCCC(O)C(CO)NC(=O)CCCCCCCCCCCCCOC(=O)CCCCCCCCCCCCCCCCC. The van der Waals surface area contributed by atoms with Crippen LogP contribution in [0.25, 0.3) is 0 Å². The Hall–Kier alpha value is -1.14. The van der Waals surface area contributed by atoms with E-state index in [2.05, 4.69) is 19.2 Å². The van der Waals surface area contributed by atoms with Gasteiger partial charge in [0.2, 0.25) is 5.91 Å². The molecule has 0 radical (unpaired) electrons. The number of hydrogen-bond donors (Lipinski definition) is 3. The van der Waals surface area contributed by atoms with Crippen LogP contribution in [0.5, 0.6) is 0 Å². The zero-order chi connectivity index (χ0) is 47.9. The van der Waals surface area contributed by atoms with Crippen molar-refractivity contribution in [1.82, 2.24) is 5.32 Å². The van der Waals surface area contributed by atoms with Crippen LogP contribution in [0.15, 0.2) is 0 Å². The van der Waals surface area contributed by atoms with Crippen molar-refractivity contribution >= 4 is 11.9 Å². The molecular weight excluding hydrogens is 815 g/mol. The highest BCUT2D eigenvalue weighted by Crippen LogP contribution is 2.18. The first-order valence-electron chi connectivity index (χ1n) is 30.3. The average molecular weight is 935 g/mol. The van der Waals surface area contributed by atoms with Crippen molar-refractivity contribution in [3.8, 4) is 0 Å². The van der Waals surface area contributed by atoms with E-state index in [-0.39, 0.29) is 18.5 Å². The molecule has 0 aromatic heterocycles. The Balaban J connectivity index is 3.43. The lowest BCUT2D eigenvalue weighted by Crippen LogP contribution is -2.45. The molecule has 0 heterocycles. The van der Waals surface area contributed by atoms with E-state index in [1.807, 2.05) is 0 Å². The Morgan fingerprint density at radius 1 is 0.364 bits per heavy atom. The third kappa shape index (κ3) is 52.2. The van der Waals surface area contributed by atoms with E-state index in [0.29, 0.717) is 25.9 Å². The fraction of sp³-hybridized carbons (Fsp3) is 0.967. The summed E-state index contributed by atoms with van der Waals surface area (Å²) < 4.78 is 5.47. The summed E-state index contributed by atoms with van der Waals surface area (Å²) in [4.78, 5) is 24.6. The van der Waals surface area contributed by atoms with Crippen molar-refractivity contribution in [1.29, 1.82) is 0 Å². The molecule has 66 heavy (non-hydrogen) atoms. The van der Waals surface area contributed by atoms with Crippen LogP contribution in [0.1, 0.15) is 348 Å². The second-order valence-electron chi connectivity index (χ2n) is 21.1. The van der Waals surface area contributed by atoms with Gasteiger partial charge in [0.25, 0.3) is 0 Å². The maximum atomic E-state index is 12.5. The molecule has 2 atom stereocenters. The van der Waals surface area contributed by atoms with Crippen LogP contribution in [0.2, 0.25) is 0 Å². The molecule has 0 saturated heterocycles. The van der Waals surface area contributed by atoms with Crippen LogP contribution in [0.4, 0.5) is 0 Å². The van der Waals surface area contributed by atoms with Crippen molar-refractivity contribution < 1.29 is 24.5 Å². The van der Waals surface area contributed by atoms with E-state index in [0.717, 1.165) is 57.8 Å². The standard InChI is InChI=1S/C60H119NO5/c1-3-5-7-9-11-13-15-17-19-20-21-22-23-24-25-26-28-29-32-36-40-44-48-52-58(63)57(56-62)61-59(64)53-49-45-41-37-33-31-35-39-43-47-51-55-66-60(65)54-50-46-42-38-34-30-27-18-16-14-12-10-8-6-4-2/h57-58,62-63H,3-56H2,1-2H3,(H,61,64). The molecule has 1 amide bonds. The molecule has 0 bridgehead atoms. The molecule has 0 aliphatic heterocycles. The largest absolute Gasteiger partial charge is 0.466 e. The summed E-state index contributed by atoms with van der Waals surface area (Å²) in [5.74, 6) is -0.0577. The Labute approximate surface area is 413 Å². The summed E-state index contributed by atoms with van der Waals surface area (Å²) in [7, 11) is 0. The van der Waals surface area contributed by atoms with Crippen LogP contribution in [0.3, 0.4) is 0 Å². The summed E-state index contributed by atoms with van der Waals surface area (Å²) in [5.41, 5.74) is 0. The van der Waals surface area contributed by atoms with Crippen LogP contribution >= 0.6 is 0 Å². The van der Waals surface area contributed by atoms with Gasteiger partial charge in [-0.05, 0) is 25.7 Å². The number of carbonyl (C=O) groups excluding carboxylic acids is 2. The minimum atomic E-state index is -0.676. The first kappa shape index (κ1) is 64.9. The molecule has 0 saturated carbocycles. The predicted molar refractivity (Wildman–Crippen MR) is 287 cm³/mol. The molecule has 2 unspecified atom stereocenters. The molecule has 0 aliphatic carbocycles. The summed E-state index contributed by atoms with van der Waals surface area (Å²) >= 11 is 0. The average Bonchev–Trinajstić information content (AvgIpc) is 3.32. The third-order valence-corrected chi connectivity index (χ3v) is 14.4. The quantitative estimate of drug-likeness (QED) is 0.0417. The van der Waals surface area contributed by atoms with Gasteiger partial charge in [0.1, 0.15) is 0 Å². The molecule has 0 aromatic rings.